The van der Waals surface area contributed by atoms with Crippen LogP contribution in [0.25, 0.3) is 6.08 Å². The molecule has 1 unspecified atom stereocenters. The van der Waals surface area contributed by atoms with E-state index >= 15 is 0 Å². The van der Waals surface area contributed by atoms with Gasteiger partial charge in [0.05, 0.1) is 12.6 Å². The maximum Gasteiger partial charge on any atom is 0.330 e. The van der Waals surface area contributed by atoms with Gasteiger partial charge in [-0.15, -0.1) is 12.3 Å². The highest BCUT2D eigenvalue weighted by molar-refractivity contribution is 5.95. The van der Waals surface area contributed by atoms with Crippen molar-refractivity contribution in [2.24, 2.45) is 5.73 Å². The van der Waals surface area contributed by atoms with Crippen molar-refractivity contribution in [1.82, 2.24) is 0 Å². The van der Waals surface area contributed by atoms with Crippen molar-refractivity contribution in [3.63, 3.8) is 0 Å². The molecular weight excluding hydrogens is 268 g/mol. The van der Waals surface area contributed by atoms with Crippen LogP contribution in [0.3, 0.4) is 0 Å². The average molecular weight is 286 g/mol. The van der Waals surface area contributed by atoms with Gasteiger partial charge in [-0.3, -0.25) is 4.79 Å². The zero-order chi connectivity index (χ0) is 15.7. The molecule has 3 N–H and O–H groups in total. The number of hydrogen-bond acceptors (Lipinski definition) is 4. The summed E-state index contributed by atoms with van der Waals surface area (Å²) in [6.07, 6.45) is 8.27. The number of nitrogens with two attached hydrogens (primary N) is 1. The van der Waals surface area contributed by atoms with Crippen LogP contribution in [0.5, 0.6) is 0 Å². The summed E-state index contributed by atoms with van der Waals surface area (Å²) in [5.74, 6) is 1.62. The summed E-state index contributed by atoms with van der Waals surface area (Å²) in [6, 6.07) is 6.23. The third-order valence-corrected chi connectivity index (χ3v) is 2.55. The highest BCUT2D eigenvalue weighted by Gasteiger charge is 2.11. The third kappa shape index (κ3) is 5.93. The molecule has 1 rings (SSSR count). The van der Waals surface area contributed by atoms with Gasteiger partial charge in [0.15, 0.2) is 0 Å². The molecular formula is C16H18N2O3. The first-order valence-corrected chi connectivity index (χ1v) is 6.51. The molecule has 0 radical (unpaired) electrons. The summed E-state index contributed by atoms with van der Waals surface area (Å²) < 4.78 is 4.78. The van der Waals surface area contributed by atoms with Gasteiger partial charge in [-0.1, -0.05) is 12.1 Å². The average Bonchev–Trinajstić information content (AvgIpc) is 2.47. The summed E-state index contributed by atoms with van der Waals surface area (Å²) in [4.78, 5) is 22.8. The lowest BCUT2D eigenvalue weighted by Gasteiger charge is -2.09. The van der Waals surface area contributed by atoms with Crippen molar-refractivity contribution in [2.75, 3.05) is 11.9 Å². The van der Waals surface area contributed by atoms with Gasteiger partial charge in [0, 0.05) is 18.2 Å². The van der Waals surface area contributed by atoms with Crippen molar-refractivity contribution in [3.05, 3.63) is 35.9 Å². The Hall–Kier alpha value is -2.58. The maximum absolute atomic E-state index is 11.7. The molecule has 110 valence electrons. The number of anilines is 1. The van der Waals surface area contributed by atoms with E-state index in [2.05, 4.69) is 11.2 Å². The molecule has 0 heterocycles. The Kier molecular flexibility index (Phi) is 6.72. The van der Waals surface area contributed by atoms with Crippen LogP contribution in [0.4, 0.5) is 5.69 Å². The summed E-state index contributed by atoms with van der Waals surface area (Å²) in [5, 5.41) is 2.66. The Bertz CT molecular complexity index is 556. The van der Waals surface area contributed by atoms with Crippen molar-refractivity contribution in [2.45, 2.75) is 19.4 Å². The van der Waals surface area contributed by atoms with Gasteiger partial charge in [-0.05, 0) is 30.7 Å². The molecule has 0 saturated carbocycles. The molecule has 0 fully saturated rings. The molecule has 0 aliphatic carbocycles. The van der Waals surface area contributed by atoms with E-state index in [0.29, 0.717) is 12.3 Å². The van der Waals surface area contributed by atoms with Crippen LogP contribution in [0, 0.1) is 12.3 Å². The van der Waals surface area contributed by atoms with Crippen LogP contribution in [0.1, 0.15) is 18.9 Å². The molecule has 1 aromatic rings. The van der Waals surface area contributed by atoms with E-state index < -0.39 is 12.0 Å². The molecule has 5 nitrogen and oxygen atoms in total. The van der Waals surface area contributed by atoms with Gasteiger partial charge in [-0.25, -0.2) is 4.79 Å². The van der Waals surface area contributed by atoms with E-state index in [9.17, 15) is 9.59 Å². The largest absolute Gasteiger partial charge is 0.463 e. The third-order valence-electron chi connectivity index (χ3n) is 2.55. The highest BCUT2D eigenvalue weighted by atomic mass is 16.5. The summed E-state index contributed by atoms with van der Waals surface area (Å²) in [5.41, 5.74) is 7.02. The number of carbonyl (C=O) groups is 2. The van der Waals surface area contributed by atoms with Crippen molar-refractivity contribution in [3.8, 4) is 12.3 Å². The Morgan fingerprint density at radius 3 is 2.67 bits per heavy atom. The normalized spacial score (nSPS) is 11.7. The minimum atomic E-state index is -0.724. The van der Waals surface area contributed by atoms with Gasteiger partial charge < -0.3 is 15.8 Å². The minimum Gasteiger partial charge on any atom is -0.463 e. The quantitative estimate of drug-likeness (QED) is 0.472. The summed E-state index contributed by atoms with van der Waals surface area (Å²) in [6.45, 7) is 2.08. The first-order chi connectivity index (χ1) is 10.1. The van der Waals surface area contributed by atoms with Gasteiger partial charge in [0.1, 0.15) is 0 Å². The van der Waals surface area contributed by atoms with Gasteiger partial charge in [0.25, 0.3) is 0 Å². The van der Waals surface area contributed by atoms with Crippen LogP contribution >= 0.6 is 0 Å². The fourth-order valence-electron chi connectivity index (χ4n) is 1.49. The lowest BCUT2D eigenvalue weighted by atomic mass is 10.1. The Morgan fingerprint density at radius 2 is 2.10 bits per heavy atom. The monoisotopic (exact) mass is 286 g/mol. The Balaban J connectivity index is 2.60. The molecule has 0 aromatic heterocycles. The molecule has 21 heavy (non-hydrogen) atoms. The number of hydrogen-bond donors (Lipinski definition) is 2. The molecule has 0 aliphatic heterocycles. The van der Waals surface area contributed by atoms with Crippen molar-refractivity contribution >= 4 is 23.6 Å². The zero-order valence-electron chi connectivity index (χ0n) is 11.8. The number of ether oxygens (including phenoxy) is 1. The Labute approximate surface area is 124 Å². The number of benzene rings is 1. The zero-order valence-corrected chi connectivity index (χ0v) is 11.8. The standard InChI is InChI=1S/C16H18N2O3/c1-3-5-14(17)16(20)18-13-9-6-12(7-10-13)8-11-15(19)21-4-2/h1,6-11,14H,4-5,17H2,2H3,(H,18,20)/b11-8+. The Morgan fingerprint density at radius 1 is 1.43 bits per heavy atom. The molecule has 5 heteroatoms. The van der Waals surface area contributed by atoms with Gasteiger partial charge in [-0.2, -0.15) is 0 Å². The second-order valence-electron chi connectivity index (χ2n) is 4.21. The van der Waals surface area contributed by atoms with E-state index in [1.54, 1.807) is 37.3 Å². The topological polar surface area (TPSA) is 81.4 Å². The summed E-state index contributed by atoms with van der Waals surface area (Å²) >= 11 is 0. The lowest BCUT2D eigenvalue weighted by molar-refractivity contribution is -0.137. The minimum absolute atomic E-state index is 0.187. The van der Waals surface area contributed by atoms with Crippen LogP contribution in [-0.4, -0.2) is 24.5 Å². The number of esters is 1. The van der Waals surface area contributed by atoms with Crippen LogP contribution in [-0.2, 0) is 14.3 Å². The predicted octanol–water partition coefficient (Wildman–Crippen LogP) is 1.55. The van der Waals surface area contributed by atoms with Crippen molar-refractivity contribution in [1.29, 1.82) is 0 Å². The van der Waals surface area contributed by atoms with E-state index in [4.69, 9.17) is 16.9 Å². The SMILES string of the molecule is C#CCC(N)C(=O)Nc1ccc(/C=C/C(=O)OCC)cc1. The van der Waals surface area contributed by atoms with Gasteiger partial charge in [0.2, 0.25) is 5.91 Å². The predicted molar refractivity (Wildman–Crippen MR) is 82.2 cm³/mol. The molecule has 0 saturated heterocycles. The lowest BCUT2D eigenvalue weighted by Crippen LogP contribution is -2.35. The number of amides is 1. The van der Waals surface area contributed by atoms with Crippen LogP contribution in [0.2, 0.25) is 0 Å². The number of carbonyl (C=O) groups excluding carboxylic acids is 2. The van der Waals surface area contributed by atoms with Crippen molar-refractivity contribution < 1.29 is 14.3 Å². The second kappa shape index (κ2) is 8.56. The van der Waals surface area contributed by atoms with Crippen LogP contribution in [0.15, 0.2) is 30.3 Å². The van der Waals surface area contributed by atoms with E-state index in [1.807, 2.05) is 0 Å². The first kappa shape index (κ1) is 16.5. The molecule has 1 aromatic carbocycles. The fourth-order valence-corrected chi connectivity index (χ4v) is 1.49. The molecule has 1 atom stereocenters. The highest BCUT2D eigenvalue weighted by Crippen LogP contribution is 2.11. The van der Waals surface area contributed by atoms with Gasteiger partial charge >= 0.3 is 5.97 Å². The summed E-state index contributed by atoms with van der Waals surface area (Å²) in [7, 11) is 0. The smallest absolute Gasteiger partial charge is 0.330 e. The van der Waals surface area contributed by atoms with Crippen LogP contribution < -0.4 is 11.1 Å². The molecule has 0 aliphatic rings. The number of nitrogens with one attached hydrogen (secondary N) is 1. The number of rotatable bonds is 6. The maximum atomic E-state index is 11.7. The van der Waals surface area contributed by atoms with E-state index in [-0.39, 0.29) is 12.3 Å². The number of terminal acetylenes is 1. The fraction of sp³-hybridized carbons (Fsp3) is 0.250. The molecule has 1 amide bonds. The van der Waals surface area contributed by atoms with E-state index in [0.717, 1.165) is 5.56 Å². The first-order valence-electron chi connectivity index (χ1n) is 6.51. The molecule has 0 bridgehead atoms. The van der Waals surface area contributed by atoms with E-state index in [1.165, 1.54) is 6.08 Å². The second-order valence-corrected chi connectivity index (χ2v) is 4.21. The molecule has 0 spiro atoms.